The zero-order valence-electron chi connectivity index (χ0n) is 13.5. The van der Waals surface area contributed by atoms with Crippen LogP contribution >= 0.6 is 0 Å². The molecule has 0 heterocycles. The van der Waals surface area contributed by atoms with Crippen LogP contribution < -0.4 is 4.72 Å². The van der Waals surface area contributed by atoms with Gasteiger partial charge in [0.2, 0.25) is 0 Å². The standard InChI is InChI=1S/C16H18N2O5S/c1-16(2,3)11-7-8-15(19)14(9-11)17-24(22,23)13-6-4-5-12(10-13)18(20)21/h4-10,17,19H,1-3H3. The summed E-state index contributed by atoms with van der Waals surface area (Å²) in [6.45, 7) is 5.87. The van der Waals surface area contributed by atoms with Gasteiger partial charge >= 0.3 is 0 Å². The third-order valence-electron chi connectivity index (χ3n) is 3.45. The summed E-state index contributed by atoms with van der Waals surface area (Å²) in [7, 11) is -4.07. The van der Waals surface area contributed by atoms with Crippen molar-refractivity contribution in [3.05, 3.63) is 58.1 Å². The van der Waals surface area contributed by atoms with E-state index in [2.05, 4.69) is 4.72 Å². The summed E-state index contributed by atoms with van der Waals surface area (Å²) >= 11 is 0. The predicted octanol–water partition coefficient (Wildman–Crippen LogP) is 3.40. The van der Waals surface area contributed by atoms with E-state index < -0.39 is 14.9 Å². The molecule has 0 saturated carbocycles. The lowest BCUT2D eigenvalue weighted by molar-refractivity contribution is -0.385. The molecule has 24 heavy (non-hydrogen) atoms. The Balaban J connectivity index is 2.43. The number of sulfonamides is 1. The van der Waals surface area contributed by atoms with Crippen molar-refractivity contribution in [2.75, 3.05) is 4.72 Å². The fraction of sp³-hybridized carbons (Fsp3) is 0.250. The first kappa shape index (κ1) is 17.7. The normalized spacial score (nSPS) is 12.0. The molecule has 0 atom stereocenters. The van der Waals surface area contributed by atoms with Crippen molar-refractivity contribution >= 4 is 21.4 Å². The number of nitro benzene ring substituents is 1. The number of hydrogen-bond acceptors (Lipinski definition) is 5. The van der Waals surface area contributed by atoms with Gasteiger partial charge in [-0.1, -0.05) is 32.9 Å². The van der Waals surface area contributed by atoms with Gasteiger partial charge in [0, 0.05) is 12.1 Å². The zero-order chi connectivity index (χ0) is 18.1. The molecule has 0 amide bonds. The summed E-state index contributed by atoms with van der Waals surface area (Å²) in [5.41, 5.74) is 0.288. The Labute approximate surface area is 140 Å². The fourth-order valence-electron chi connectivity index (χ4n) is 2.05. The van der Waals surface area contributed by atoms with Gasteiger partial charge in [-0.3, -0.25) is 14.8 Å². The van der Waals surface area contributed by atoms with Crippen molar-refractivity contribution in [1.29, 1.82) is 0 Å². The van der Waals surface area contributed by atoms with E-state index in [9.17, 15) is 23.6 Å². The van der Waals surface area contributed by atoms with Gasteiger partial charge < -0.3 is 5.11 Å². The first-order valence-corrected chi connectivity index (χ1v) is 8.60. The Morgan fingerprint density at radius 2 is 1.79 bits per heavy atom. The lowest BCUT2D eigenvalue weighted by Crippen LogP contribution is -2.15. The Hall–Kier alpha value is -2.61. The van der Waals surface area contributed by atoms with E-state index in [1.807, 2.05) is 20.8 Å². The van der Waals surface area contributed by atoms with Crippen LogP contribution in [0.5, 0.6) is 5.75 Å². The minimum atomic E-state index is -4.07. The van der Waals surface area contributed by atoms with Crippen LogP contribution in [0.1, 0.15) is 26.3 Å². The summed E-state index contributed by atoms with van der Waals surface area (Å²) in [4.78, 5) is 9.88. The number of anilines is 1. The zero-order valence-corrected chi connectivity index (χ0v) is 14.3. The van der Waals surface area contributed by atoms with Crippen molar-refractivity contribution in [3.63, 3.8) is 0 Å². The molecule has 2 aromatic rings. The van der Waals surface area contributed by atoms with Crippen molar-refractivity contribution < 1.29 is 18.4 Å². The molecule has 0 aliphatic carbocycles. The summed E-state index contributed by atoms with van der Waals surface area (Å²) in [5, 5.41) is 20.7. The number of aromatic hydroxyl groups is 1. The van der Waals surface area contributed by atoms with Crippen LogP contribution in [0.3, 0.4) is 0 Å². The maximum absolute atomic E-state index is 12.4. The lowest BCUT2D eigenvalue weighted by Gasteiger charge is -2.20. The van der Waals surface area contributed by atoms with Crippen LogP contribution in [-0.2, 0) is 15.4 Å². The van der Waals surface area contributed by atoms with E-state index in [4.69, 9.17) is 0 Å². The average Bonchev–Trinajstić information content (AvgIpc) is 2.48. The lowest BCUT2D eigenvalue weighted by atomic mass is 9.87. The molecular weight excluding hydrogens is 332 g/mol. The SMILES string of the molecule is CC(C)(C)c1ccc(O)c(NS(=O)(=O)c2cccc([N+](=O)[O-])c2)c1. The van der Waals surface area contributed by atoms with E-state index in [0.29, 0.717) is 0 Å². The quantitative estimate of drug-likeness (QED) is 0.499. The number of hydrogen-bond donors (Lipinski definition) is 2. The van der Waals surface area contributed by atoms with Crippen LogP contribution in [0.15, 0.2) is 47.4 Å². The maximum Gasteiger partial charge on any atom is 0.270 e. The minimum Gasteiger partial charge on any atom is -0.506 e. The summed E-state index contributed by atoms with van der Waals surface area (Å²) in [6, 6.07) is 9.37. The van der Waals surface area contributed by atoms with Crippen LogP contribution in [0.2, 0.25) is 0 Å². The Bertz CT molecular complexity index is 886. The molecule has 0 aromatic heterocycles. The van der Waals surface area contributed by atoms with Gasteiger partial charge in [0.05, 0.1) is 15.5 Å². The number of phenols is 1. The topological polar surface area (TPSA) is 110 Å². The summed E-state index contributed by atoms with van der Waals surface area (Å²) < 4.78 is 27.2. The number of nitro groups is 1. The largest absolute Gasteiger partial charge is 0.506 e. The Morgan fingerprint density at radius 3 is 2.38 bits per heavy atom. The van der Waals surface area contributed by atoms with Crippen LogP contribution in [0.25, 0.3) is 0 Å². The average molecular weight is 350 g/mol. The molecule has 2 aromatic carbocycles. The molecule has 0 aliphatic rings. The minimum absolute atomic E-state index is 0.0222. The Kier molecular flexibility index (Phi) is 4.52. The van der Waals surface area contributed by atoms with Gasteiger partial charge in [-0.05, 0) is 29.2 Å². The molecule has 0 unspecified atom stereocenters. The molecule has 2 rings (SSSR count). The molecule has 0 spiro atoms. The van der Waals surface area contributed by atoms with E-state index in [0.717, 1.165) is 11.6 Å². The second-order valence-corrected chi connectivity index (χ2v) is 8.02. The highest BCUT2D eigenvalue weighted by Gasteiger charge is 2.21. The van der Waals surface area contributed by atoms with Crippen LogP contribution in [0.4, 0.5) is 11.4 Å². The molecule has 0 saturated heterocycles. The van der Waals surface area contributed by atoms with Gasteiger partial charge in [-0.15, -0.1) is 0 Å². The smallest absolute Gasteiger partial charge is 0.270 e. The number of phenolic OH excluding ortho intramolecular Hbond substituents is 1. The predicted molar refractivity (Wildman–Crippen MR) is 90.7 cm³/mol. The molecule has 128 valence electrons. The van der Waals surface area contributed by atoms with Crippen LogP contribution in [-0.4, -0.2) is 18.4 Å². The molecular formula is C16H18N2O5S. The second-order valence-electron chi connectivity index (χ2n) is 6.34. The maximum atomic E-state index is 12.4. The summed E-state index contributed by atoms with van der Waals surface area (Å²) in [5.74, 6) is -0.225. The monoisotopic (exact) mass is 350 g/mol. The first-order chi connectivity index (χ1) is 11.0. The van der Waals surface area contributed by atoms with Gasteiger partial charge in [0.1, 0.15) is 5.75 Å². The van der Waals surface area contributed by atoms with Gasteiger partial charge in [-0.2, -0.15) is 0 Å². The fourth-order valence-corrected chi connectivity index (χ4v) is 3.16. The molecule has 0 aliphatic heterocycles. The highest BCUT2D eigenvalue weighted by atomic mass is 32.2. The van der Waals surface area contributed by atoms with E-state index in [1.165, 1.54) is 24.3 Å². The number of rotatable bonds is 4. The van der Waals surface area contributed by atoms with Crippen molar-refractivity contribution in [1.82, 2.24) is 0 Å². The van der Waals surface area contributed by atoms with Crippen molar-refractivity contribution in [2.24, 2.45) is 0 Å². The highest BCUT2D eigenvalue weighted by Crippen LogP contribution is 2.32. The molecule has 0 bridgehead atoms. The first-order valence-electron chi connectivity index (χ1n) is 7.11. The van der Waals surface area contributed by atoms with Gasteiger partial charge in [0.15, 0.2) is 0 Å². The molecule has 0 radical (unpaired) electrons. The summed E-state index contributed by atoms with van der Waals surface area (Å²) in [6.07, 6.45) is 0. The highest BCUT2D eigenvalue weighted by molar-refractivity contribution is 7.92. The van der Waals surface area contributed by atoms with E-state index >= 15 is 0 Å². The van der Waals surface area contributed by atoms with Gasteiger partial charge in [0.25, 0.3) is 15.7 Å². The third kappa shape index (κ3) is 3.83. The number of nitrogens with one attached hydrogen (secondary N) is 1. The number of benzene rings is 2. The molecule has 0 fully saturated rings. The Morgan fingerprint density at radius 1 is 1.12 bits per heavy atom. The number of non-ortho nitro benzene ring substituents is 1. The van der Waals surface area contributed by atoms with Crippen molar-refractivity contribution in [3.8, 4) is 5.75 Å². The van der Waals surface area contributed by atoms with Crippen molar-refractivity contribution in [2.45, 2.75) is 31.1 Å². The second kappa shape index (κ2) is 6.12. The van der Waals surface area contributed by atoms with E-state index in [1.54, 1.807) is 12.1 Å². The number of nitrogens with zero attached hydrogens (tertiary/aromatic N) is 1. The van der Waals surface area contributed by atoms with E-state index in [-0.39, 0.29) is 27.4 Å². The molecule has 8 heteroatoms. The third-order valence-corrected chi connectivity index (χ3v) is 4.81. The van der Waals surface area contributed by atoms with Gasteiger partial charge in [-0.25, -0.2) is 8.42 Å². The van der Waals surface area contributed by atoms with Crippen LogP contribution in [0, 0.1) is 10.1 Å². The molecule has 7 nitrogen and oxygen atoms in total. The molecule has 2 N–H and O–H groups in total.